The van der Waals surface area contributed by atoms with Crippen LogP contribution in [0, 0.1) is 30.6 Å². The Morgan fingerprint density at radius 1 is 1.03 bits per heavy atom. The van der Waals surface area contributed by atoms with Gasteiger partial charge < -0.3 is 14.2 Å². The van der Waals surface area contributed by atoms with Crippen molar-refractivity contribution >= 4 is 23.7 Å². The molecular weight excluding hydrogens is 412 g/mol. The van der Waals surface area contributed by atoms with E-state index in [9.17, 15) is 19.2 Å². The minimum Gasteiger partial charge on any atom is -0.462 e. The van der Waals surface area contributed by atoms with Crippen molar-refractivity contribution in [1.82, 2.24) is 0 Å². The van der Waals surface area contributed by atoms with Crippen LogP contribution in [0.4, 0.5) is 0 Å². The summed E-state index contributed by atoms with van der Waals surface area (Å²) >= 11 is 0. The summed E-state index contributed by atoms with van der Waals surface area (Å²) in [6.45, 7) is 1.42. The molecule has 7 nitrogen and oxygen atoms in total. The van der Waals surface area contributed by atoms with E-state index in [1.165, 1.54) is 24.3 Å². The van der Waals surface area contributed by atoms with E-state index in [1.54, 1.807) is 12.1 Å². The van der Waals surface area contributed by atoms with Crippen molar-refractivity contribution in [2.45, 2.75) is 25.9 Å². The van der Waals surface area contributed by atoms with Gasteiger partial charge in [-0.3, -0.25) is 14.4 Å². The lowest BCUT2D eigenvalue weighted by molar-refractivity contribution is -0.154. The lowest BCUT2D eigenvalue weighted by Crippen LogP contribution is -2.34. The lowest BCUT2D eigenvalue weighted by atomic mass is 9.80. The molecule has 0 aromatic heterocycles. The molecule has 2 saturated carbocycles. The molecule has 0 N–H and O–H groups in total. The van der Waals surface area contributed by atoms with Crippen molar-refractivity contribution in [3.05, 3.63) is 65.2 Å². The highest BCUT2D eigenvalue weighted by Crippen LogP contribution is 2.57. The van der Waals surface area contributed by atoms with Gasteiger partial charge in [-0.1, -0.05) is 18.2 Å². The molecule has 0 radical (unpaired) electrons. The molecule has 32 heavy (non-hydrogen) atoms. The first kappa shape index (κ1) is 20.4. The SMILES string of the molecule is Cc1ccccc1C(=O)Oc1ccc(C(=O)COC(=O)[C@@H]2[C@@H]3C[C@@H]4[C@@H]2C(=O)O[C@H]4C3)cc1. The monoisotopic (exact) mass is 434 g/mol. The van der Waals surface area contributed by atoms with E-state index in [2.05, 4.69) is 0 Å². The molecule has 2 aromatic rings. The fourth-order valence-electron chi connectivity index (χ4n) is 5.31. The van der Waals surface area contributed by atoms with Crippen LogP contribution in [0.2, 0.25) is 0 Å². The van der Waals surface area contributed by atoms with Crippen LogP contribution in [-0.4, -0.2) is 36.4 Å². The van der Waals surface area contributed by atoms with Crippen molar-refractivity contribution < 1.29 is 33.4 Å². The summed E-state index contributed by atoms with van der Waals surface area (Å²) in [6, 6.07) is 13.2. The molecule has 1 heterocycles. The maximum absolute atomic E-state index is 12.6. The molecule has 2 bridgehead atoms. The number of ketones is 1. The van der Waals surface area contributed by atoms with E-state index in [0.717, 1.165) is 12.0 Å². The van der Waals surface area contributed by atoms with Gasteiger partial charge in [-0.15, -0.1) is 0 Å². The first-order valence-corrected chi connectivity index (χ1v) is 10.7. The van der Waals surface area contributed by atoms with Gasteiger partial charge in [0.1, 0.15) is 11.9 Å². The Labute approximate surface area is 184 Å². The van der Waals surface area contributed by atoms with E-state index in [-0.39, 0.29) is 29.7 Å². The van der Waals surface area contributed by atoms with E-state index < -0.39 is 30.4 Å². The predicted octanol–water partition coefficient (Wildman–Crippen LogP) is 3.14. The highest BCUT2D eigenvalue weighted by atomic mass is 16.6. The molecule has 5 atom stereocenters. The minimum absolute atomic E-state index is 0.0541. The number of benzene rings is 2. The zero-order valence-corrected chi connectivity index (χ0v) is 17.5. The van der Waals surface area contributed by atoms with Crippen molar-refractivity contribution in [1.29, 1.82) is 0 Å². The van der Waals surface area contributed by atoms with Crippen LogP contribution in [-0.2, 0) is 19.1 Å². The zero-order chi connectivity index (χ0) is 22.4. The Bertz CT molecular complexity index is 1100. The van der Waals surface area contributed by atoms with Crippen molar-refractivity contribution in [2.75, 3.05) is 6.61 Å². The molecule has 1 aliphatic heterocycles. The second kappa shape index (κ2) is 7.89. The molecule has 164 valence electrons. The van der Waals surface area contributed by atoms with E-state index >= 15 is 0 Å². The molecule has 3 aliphatic rings. The second-order valence-electron chi connectivity index (χ2n) is 8.68. The van der Waals surface area contributed by atoms with Gasteiger partial charge in [0.25, 0.3) is 0 Å². The van der Waals surface area contributed by atoms with Crippen LogP contribution in [0.15, 0.2) is 48.5 Å². The Morgan fingerprint density at radius 2 is 1.78 bits per heavy atom. The Hall–Kier alpha value is -3.48. The number of hydrogen-bond acceptors (Lipinski definition) is 7. The standard InChI is InChI=1S/C25H22O7/c1-13-4-2-3-5-17(13)23(27)31-16-8-6-14(7-9-16)19(26)12-30-24(28)21-15-10-18-20(11-15)32-25(29)22(18)21/h2-9,15,18,20-22H,10-12H2,1H3/t15-,18+,20+,21-,22+/m1/s1. The molecule has 3 fully saturated rings. The van der Waals surface area contributed by atoms with Crippen LogP contribution in [0.1, 0.15) is 39.1 Å². The number of Topliss-reactive ketones (excluding diaryl/α,β-unsaturated/α-hetero) is 1. The van der Waals surface area contributed by atoms with Gasteiger partial charge in [0.15, 0.2) is 12.4 Å². The van der Waals surface area contributed by atoms with E-state index in [1.807, 2.05) is 19.1 Å². The third-order valence-corrected chi connectivity index (χ3v) is 6.85. The number of carbonyl (C=O) groups is 4. The number of fused-ring (bicyclic) bond motifs is 1. The van der Waals surface area contributed by atoms with Gasteiger partial charge in [0, 0.05) is 11.5 Å². The summed E-state index contributed by atoms with van der Waals surface area (Å²) in [5, 5.41) is 0. The first-order chi connectivity index (χ1) is 15.4. The predicted molar refractivity (Wildman–Crippen MR) is 111 cm³/mol. The quantitative estimate of drug-likeness (QED) is 0.391. The first-order valence-electron chi connectivity index (χ1n) is 10.7. The summed E-state index contributed by atoms with van der Waals surface area (Å²) in [5.41, 5.74) is 1.61. The number of esters is 3. The largest absolute Gasteiger partial charge is 0.462 e. The van der Waals surface area contributed by atoms with Crippen molar-refractivity contribution in [3.8, 4) is 5.75 Å². The molecular formula is C25H22O7. The number of rotatable bonds is 6. The average molecular weight is 434 g/mol. The summed E-state index contributed by atoms with van der Waals surface area (Å²) in [7, 11) is 0. The number of carbonyl (C=O) groups excluding carboxylic acids is 4. The summed E-state index contributed by atoms with van der Waals surface area (Å²) < 4.78 is 16.0. The van der Waals surface area contributed by atoms with Gasteiger partial charge in [0.05, 0.1) is 17.4 Å². The van der Waals surface area contributed by atoms with E-state index in [0.29, 0.717) is 23.3 Å². The maximum atomic E-state index is 12.6. The normalized spacial score (nSPS) is 27.2. The smallest absolute Gasteiger partial charge is 0.343 e. The summed E-state index contributed by atoms with van der Waals surface area (Å²) in [4.78, 5) is 49.4. The molecule has 2 aliphatic carbocycles. The lowest BCUT2D eigenvalue weighted by Gasteiger charge is -2.22. The molecule has 0 amide bonds. The fourth-order valence-corrected chi connectivity index (χ4v) is 5.31. The number of hydrogen-bond donors (Lipinski definition) is 0. The Balaban J connectivity index is 1.17. The van der Waals surface area contributed by atoms with Gasteiger partial charge in [-0.2, -0.15) is 0 Å². The molecule has 7 heteroatoms. The highest BCUT2D eigenvalue weighted by Gasteiger charge is 2.64. The van der Waals surface area contributed by atoms with Gasteiger partial charge in [0.2, 0.25) is 0 Å². The van der Waals surface area contributed by atoms with Crippen molar-refractivity contribution in [3.63, 3.8) is 0 Å². The molecule has 5 rings (SSSR count). The second-order valence-corrected chi connectivity index (χ2v) is 8.68. The summed E-state index contributed by atoms with van der Waals surface area (Å²) in [6.07, 6.45) is 1.45. The van der Waals surface area contributed by atoms with Crippen LogP contribution in [0.25, 0.3) is 0 Å². The highest BCUT2D eigenvalue weighted by molar-refractivity contribution is 5.98. The van der Waals surface area contributed by atoms with Crippen LogP contribution < -0.4 is 4.74 Å². The van der Waals surface area contributed by atoms with Crippen LogP contribution in [0.5, 0.6) is 5.75 Å². The molecule has 0 spiro atoms. The van der Waals surface area contributed by atoms with E-state index in [4.69, 9.17) is 14.2 Å². The van der Waals surface area contributed by atoms with Gasteiger partial charge in [-0.25, -0.2) is 4.79 Å². The topological polar surface area (TPSA) is 96.0 Å². The molecule has 1 saturated heterocycles. The Morgan fingerprint density at radius 3 is 2.53 bits per heavy atom. The summed E-state index contributed by atoms with van der Waals surface area (Å²) in [5.74, 6) is -2.10. The third kappa shape index (κ3) is 3.47. The van der Waals surface area contributed by atoms with Gasteiger partial charge >= 0.3 is 17.9 Å². The number of aryl methyl sites for hydroxylation is 1. The number of ether oxygens (including phenoxy) is 3. The zero-order valence-electron chi connectivity index (χ0n) is 17.5. The van der Waals surface area contributed by atoms with Crippen LogP contribution in [0.3, 0.4) is 0 Å². The maximum Gasteiger partial charge on any atom is 0.343 e. The molecule has 2 aromatic carbocycles. The van der Waals surface area contributed by atoms with Crippen LogP contribution >= 0.6 is 0 Å². The third-order valence-electron chi connectivity index (χ3n) is 6.85. The van der Waals surface area contributed by atoms with Gasteiger partial charge in [-0.05, 0) is 61.6 Å². The average Bonchev–Trinajstić information content (AvgIpc) is 3.41. The molecule has 0 unspecified atom stereocenters. The fraction of sp³-hybridized carbons (Fsp3) is 0.360. The Kier molecular flexibility index (Phi) is 5.04. The minimum atomic E-state index is -0.512. The van der Waals surface area contributed by atoms with Crippen molar-refractivity contribution in [2.24, 2.45) is 23.7 Å².